The monoisotopic (exact) mass is 567 g/mol. The molecule has 1 N–H and O–H groups in total. The second-order valence-corrected chi connectivity index (χ2v) is 10.9. The average Bonchev–Trinajstić information content (AvgIpc) is 2.98. The van der Waals surface area contributed by atoms with E-state index in [0.717, 1.165) is 9.87 Å². The molecule has 1 atom stereocenters. The smallest absolute Gasteiger partial charge is 0.264 e. The van der Waals surface area contributed by atoms with Crippen LogP contribution in [0, 0.1) is 0 Å². The van der Waals surface area contributed by atoms with Crippen molar-refractivity contribution in [3.05, 3.63) is 84.4 Å². The number of anilines is 1. The van der Waals surface area contributed by atoms with Gasteiger partial charge in [-0.15, -0.1) is 0 Å². The van der Waals surface area contributed by atoms with Crippen molar-refractivity contribution < 1.29 is 27.5 Å². The number of hydrogen-bond acceptors (Lipinski definition) is 6. The number of methoxy groups -OCH3 is 2. The summed E-state index contributed by atoms with van der Waals surface area (Å²) in [6, 6.07) is 21.5. The maximum atomic E-state index is 14.1. The molecular formula is C30H37N3O6S. The number of nitrogens with one attached hydrogen (secondary N) is 1. The van der Waals surface area contributed by atoms with E-state index in [1.807, 2.05) is 44.2 Å². The summed E-state index contributed by atoms with van der Waals surface area (Å²) in [6.45, 7) is 3.72. The zero-order valence-electron chi connectivity index (χ0n) is 23.4. The van der Waals surface area contributed by atoms with Gasteiger partial charge in [0.15, 0.2) is 0 Å². The third-order valence-corrected chi connectivity index (χ3v) is 8.26. The minimum atomic E-state index is -4.22. The number of ether oxygens (including phenoxy) is 2. The van der Waals surface area contributed by atoms with Crippen molar-refractivity contribution in [2.24, 2.45) is 0 Å². The lowest BCUT2D eigenvalue weighted by molar-refractivity contribution is -0.139. The van der Waals surface area contributed by atoms with E-state index >= 15 is 0 Å². The molecule has 0 saturated carbocycles. The Morgan fingerprint density at radius 3 is 2.12 bits per heavy atom. The number of carbonyl (C=O) groups is 2. The van der Waals surface area contributed by atoms with E-state index in [9.17, 15) is 18.0 Å². The maximum Gasteiger partial charge on any atom is 0.264 e. The molecule has 0 aromatic heterocycles. The fraction of sp³-hybridized carbons (Fsp3) is 0.333. The second kappa shape index (κ2) is 14.4. The van der Waals surface area contributed by atoms with Gasteiger partial charge in [-0.1, -0.05) is 55.5 Å². The lowest BCUT2D eigenvalue weighted by Gasteiger charge is -2.33. The molecule has 0 aliphatic rings. The summed E-state index contributed by atoms with van der Waals surface area (Å²) >= 11 is 0. The van der Waals surface area contributed by atoms with Gasteiger partial charge in [0, 0.05) is 19.2 Å². The van der Waals surface area contributed by atoms with Gasteiger partial charge >= 0.3 is 0 Å². The van der Waals surface area contributed by atoms with Gasteiger partial charge in [-0.05, 0) is 49.6 Å². The Hall–Kier alpha value is -4.05. The molecule has 0 heterocycles. The Kier molecular flexibility index (Phi) is 11.0. The summed E-state index contributed by atoms with van der Waals surface area (Å²) in [5.41, 5.74) is 1.14. The molecule has 0 fully saturated rings. The molecule has 2 amide bonds. The third-order valence-electron chi connectivity index (χ3n) is 6.49. The van der Waals surface area contributed by atoms with Crippen LogP contribution in [-0.4, -0.2) is 65.0 Å². The molecule has 10 heteroatoms. The van der Waals surface area contributed by atoms with Gasteiger partial charge in [0.1, 0.15) is 24.1 Å². The van der Waals surface area contributed by atoms with E-state index in [0.29, 0.717) is 25.1 Å². The van der Waals surface area contributed by atoms with Crippen LogP contribution in [0.2, 0.25) is 0 Å². The topological polar surface area (TPSA) is 105 Å². The van der Waals surface area contributed by atoms with Crippen LogP contribution in [-0.2, 0) is 26.0 Å². The Labute approximate surface area is 236 Å². The first kappa shape index (κ1) is 30.5. The average molecular weight is 568 g/mol. The Balaban J connectivity index is 2.08. The van der Waals surface area contributed by atoms with Crippen molar-refractivity contribution in [3.8, 4) is 11.5 Å². The first-order chi connectivity index (χ1) is 19.3. The number of sulfonamides is 1. The normalized spacial score (nSPS) is 11.8. The summed E-state index contributed by atoms with van der Waals surface area (Å²) in [5.74, 6) is -0.160. The summed E-state index contributed by atoms with van der Waals surface area (Å²) in [6.07, 6.45) is 0.858. The van der Waals surface area contributed by atoms with Crippen molar-refractivity contribution in [1.29, 1.82) is 0 Å². The predicted molar refractivity (Wildman–Crippen MR) is 155 cm³/mol. The molecule has 3 aromatic carbocycles. The fourth-order valence-corrected chi connectivity index (χ4v) is 5.85. The highest BCUT2D eigenvalue weighted by Crippen LogP contribution is 2.35. The van der Waals surface area contributed by atoms with Crippen LogP contribution in [0.5, 0.6) is 11.5 Å². The summed E-state index contributed by atoms with van der Waals surface area (Å²) in [5, 5.41) is 2.80. The van der Waals surface area contributed by atoms with Crippen molar-refractivity contribution >= 4 is 27.5 Å². The number of carbonyl (C=O) groups excluding carboxylic acids is 2. The van der Waals surface area contributed by atoms with Crippen molar-refractivity contribution in [3.63, 3.8) is 0 Å². The van der Waals surface area contributed by atoms with Gasteiger partial charge in [0.2, 0.25) is 11.8 Å². The molecule has 0 radical (unpaired) electrons. The minimum absolute atomic E-state index is 0.0132. The minimum Gasteiger partial charge on any atom is -0.497 e. The van der Waals surface area contributed by atoms with Crippen molar-refractivity contribution in [2.45, 2.75) is 37.6 Å². The highest BCUT2D eigenvalue weighted by Gasteiger charge is 2.34. The van der Waals surface area contributed by atoms with Crippen LogP contribution >= 0.6 is 0 Å². The van der Waals surface area contributed by atoms with Crippen LogP contribution in [0.1, 0.15) is 25.8 Å². The van der Waals surface area contributed by atoms with E-state index in [-0.39, 0.29) is 28.8 Å². The van der Waals surface area contributed by atoms with Gasteiger partial charge < -0.3 is 19.7 Å². The van der Waals surface area contributed by atoms with Gasteiger partial charge in [0.05, 0.1) is 24.8 Å². The molecule has 0 spiro atoms. The molecule has 9 nitrogen and oxygen atoms in total. The molecule has 3 aromatic rings. The van der Waals surface area contributed by atoms with E-state index in [1.165, 1.54) is 37.3 Å². The lowest BCUT2D eigenvalue weighted by atomic mass is 10.1. The molecule has 0 aliphatic carbocycles. The van der Waals surface area contributed by atoms with Crippen molar-refractivity contribution in [1.82, 2.24) is 10.2 Å². The van der Waals surface area contributed by atoms with Gasteiger partial charge in [0.25, 0.3) is 10.0 Å². The van der Waals surface area contributed by atoms with Crippen LogP contribution in [0.15, 0.2) is 83.8 Å². The van der Waals surface area contributed by atoms with Crippen LogP contribution in [0.4, 0.5) is 5.69 Å². The molecule has 40 heavy (non-hydrogen) atoms. The van der Waals surface area contributed by atoms with Gasteiger partial charge in [-0.2, -0.15) is 0 Å². The second-order valence-electron chi connectivity index (χ2n) is 9.00. The van der Waals surface area contributed by atoms with E-state index in [4.69, 9.17) is 9.47 Å². The lowest BCUT2D eigenvalue weighted by Crippen LogP contribution is -2.53. The SMILES string of the molecule is CCNC(=O)[C@@H](CC)N(CCc1ccccc1)C(=O)CN(c1cc(OC)ccc1OC)S(=O)(=O)c1ccccc1. The summed E-state index contributed by atoms with van der Waals surface area (Å²) in [4.78, 5) is 28.6. The number of likely N-dealkylation sites (N-methyl/N-ethyl adjacent to an activating group) is 1. The standard InChI is InChI=1S/C30H37N3O6S/c1-5-26(30(35)31-6-2)32(20-19-23-13-9-7-10-14-23)29(34)22-33(40(36,37)25-15-11-8-12-16-25)27-21-24(38-3)17-18-28(27)39-4/h7-18,21,26H,5-6,19-20,22H2,1-4H3,(H,31,35)/t26-/m1/s1. The molecule has 0 bridgehead atoms. The highest BCUT2D eigenvalue weighted by atomic mass is 32.2. The Bertz CT molecular complexity index is 1370. The zero-order valence-corrected chi connectivity index (χ0v) is 24.2. The number of hydrogen-bond donors (Lipinski definition) is 1. The Morgan fingerprint density at radius 2 is 1.55 bits per heavy atom. The number of rotatable bonds is 14. The predicted octanol–water partition coefficient (Wildman–Crippen LogP) is 3.89. The highest BCUT2D eigenvalue weighted by molar-refractivity contribution is 7.92. The molecule has 3 rings (SSSR count). The molecule has 0 aliphatic heterocycles. The zero-order chi connectivity index (χ0) is 29.1. The van der Waals surface area contributed by atoms with E-state index < -0.39 is 28.5 Å². The first-order valence-electron chi connectivity index (χ1n) is 13.2. The fourth-order valence-electron chi connectivity index (χ4n) is 4.41. The molecule has 0 saturated heterocycles. The summed E-state index contributed by atoms with van der Waals surface area (Å²) in [7, 11) is -1.33. The van der Waals surface area contributed by atoms with E-state index in [1.54, 1.807) is 30.3 Å². The molecule has 214 valence electrons. The van der Waals surface area contributed by atoms with E-state index in [2.05, 4.69) is 5.32 Å². The first-order valence-corrected chi connectivity index (χ1v) is 14.6. The largest absolute Gasteiger partial charge is 0.497 e. The van der Waals surface area contributed by atoms with Gasteiger partial charge in [-0.25, -0.2) is 8.42 Å². The van der Waals surface area contributed by atoms with Crippen LogP contribution < -0.4 is 19.1 Å². The van der Waals surface area contributed by atoms with Crippen LogP contribution in [0.25, 0.3) is 0 Å². The Morgan fingerprint density at radius 1 is 0.900 bits per heavy atom. The maximum absolute atomic E-state index is 14.1. The molecule has 0 unspecified atom stereocenters. The van der Waals surface area contributed by atoms with Crippen molar-refractivity contribution in [2.75, 3.05) is 38.2 Å². The van der Waals surface area contributed by atoms with Gasteiger partial charge in [-0.3, -0.25) is 13.9 Å². The third kappa shape index (κ3) is 7.32. The number of amides is 2. The quantitative estimate of drug-likeness (QED) is 0.317. The number of nitrogens with zero attached hydrogens (tertiary/aromatic N) is 2. The molecular weight excluding hydrogens is 530 g/mol. The summed E-state index contributed by atoms with van der Waals surface area (Å²) < 4.78 is 39.9. The van der Waals surface area contributed by atoms with Crippen LogP contribution in [0.3, 0.4) is 0 Å². The number of benzene rings is 3.